The molecule has 0 radical (unpaired) electrons. The van der Waals surface area contributed by atoms with Crippen LogP contribution in [0.2, 0.25) is 0 Å². The molecule has 1 saturated carbocycles. The van der Waals surface area contributed by atoms with Gasteiger partial charge in [-0.15, -0.1) is 11.8 Å². The van der Waals surface area contributed by atoms with Crippen molar-refractivity contribution in [1.29, 1.82) is 0 Å². The summed E-state index contributed by atoms with van der Waals surface area (Å²) in [5.41, 5.74) is 6.34. The third-order valence-electron chi connectivity index (χ3n) is 4.24. The van der Waals surface area contributed by atoms with E-state index in [1.807, 2.05) is 6.07 Å². The standard InChI is InChI=1S/C16H24FNS/c1-2-12-5-3-6-13(9-12)16(18)11-19-15-8-4-7-14(17)10-15/h4,7-8,10,12-13,16H,2-3,5-6,9,11,18H2,1H3. The SMILES string of the molecule is CCC1CCCC(C(N)CSc2cccc(F)c2)C1. The second-order valence-corrected chi connectivity index (χ2v) is 6.73. The number of benzene rings is 1. The summed E-state index contributed by atoms with van der Waals surface area (Å²) in [6.45, 7) is 2.28. The van der Waals surface area contributed by atoms with E-state index in [1.165, 1.54) is 38.2 Å². The van der Waals surface area contributed by atoms with Crippen molar-refractivity contribution in [2.24, 2.45) is 17.6 Å². The second kappa shape index (κ2) is 7.30. The highest BCUT2D eigenvalue weighted by molar-refractivity contribution is 7.99. The Hall–Kier alpha value is -0.540. The summed E-state index contributed by atoms with van der Waals surface area (Å²) in [5, 5.41) is 0. The molecule has 1 nitrogen and oxygen atoms in total. The molecule has 1 aromatic carbocycles. The molecule has 2 rings (SSSR count). The predicted octanol–water partition coefficient (Wildman–Crippen LogP) is 4.46. The summed E-state index contributed by atoms with van der Waals surface area (Å²) in [4.78, 5) is 0.985. The van der Waals surface area contributed by atoms with Gasteiger partial charge in [-0.3, -0.25) is 0 Å². The molecule has 1 aliphatic rings. The lowest BCUT2D eigenvalue weighted by Gasteiger charge is -2.32. The summed E-state index contributed by atoms with van der Waals surface area (Å²) in [6, 6.07) is 7.03. The lowest BCUT2D eigenvalue weighted by molar-refractivity contribution is 0.238. The number of nitrogens with two attached hydrogens (primary N) is 1. The lowest BCUT2D eigenvalue weighted by Crippen LogP contribution is -2.35. The van der Waals surface area contributed by atoms with Crippen molar-refractivity contribution in [3.8, 4) is 0 Å². The van der Waals surface area contributed by atoms with Crippen LogP contribution in [0.5, 0.6) is 0 Å². The van der Waals surface area contributed by atoms with Crippen molar-refractivity contribution in [2.75, 3.05) is 5.75 Å². The Morgan fingerprint density at radius 2 is 2.26 bits per heavy atom. The van der Waals surface area contributed by atoms with E-state index in [0.29, 0.717) is 5.92 Å². The molecule has 106 valence electrons. The Morgan fingerprint density at radius 3 is 3.00 bits per heavy atom. The van der Waals surface area contributed by atoms with Gasteiger partial charge in [0, 0.05) is 16.7 Å². The quantitative estimate of drug-likeness (QED) is 0.806. The fourth-order valence-electron chi connectivity index (χ4n) is 2.98. The van der Waals surface area contributed by atoms with Gasteiger partial charge in [0.2, 0.25) is 0 Å². The number of halogens is 1. The van der Waals surface area contributed by atoms with Gasteiger partial charge in [0.1, 0.15) is 5.82 Å². The van der Waals surface area contributed by atoms with Gasteiger partial charge in [-0.05, 0) is 42.9 Å². The van der Waals surface area contributed by atoms with E-state index in [9.17, 15) is 4.39 Å². The summed E-state index contributed by atoms with van der Waals surface area (Å²) < 4.78 is 13.1. The molecular weight excluding hydrogens is 257 g/mol. The van der Waals surface area contributed by atoms with Crippen molar-refractivity contribution >= 4 is 11.8 Å². The molecule has 0 heterocycles. The first-order valence-corrected chi connectivity index (χ1v) is 8.31. The number of rotatable bonds is 5. The third kappa shape index (κ3) is 4.50. The molecular formula is C16H24FNS. The van der Waals surface area contributed by atoms with Gasteiger partial charge in [0.15, 0.2) is 0 Å². The average Bonchev–Trinajstić information content (AvgIpc) is 2.45. The minimum absolute atomic E-state index is 0.165. The zero-order valence-corrected chi connectivity index (χ0v) is 12.5. The molecule has 1 aliphatic carbocycles. The first kappa shape index (κ1) is 14.9. The van der Waals surface area contributed by atoms with Crippen LogP contribution in [0, 0.1) is 17.7 Å². The summed E-state index contributed by atoms with van der Waals surface area (Å²) in [7, 11) is 0. The van der Waals surface area contributed by atoms with E-state index >= 15 is 0 Å². The van der Waals surface area contributed by atoms with E-state index in [0.717, 1.165) is 16.6 Å². The Morgan fingerprint density at radius 1 is 1.42 bits per heavy atom. The minimum Gasteiger partial charge on any atom is -0.327 e. The van der Waals surface area contributed by atoms with Gasteiger partial charge in [-0.1, -0.05) is 32.3 Å². The Bertz CT molecular complexity index is 396. The molecule has 3 atom stereocenters. The molecule has 1 aromatic rings. The molecule has 0 amide bonds. The minimum atomic E-state index is -0.165. The Labute approximate surface area is 120 Å². The number of hydrogen-bond donors (Lipinski definition) is 1. The van der Waals surface area contributed by atoms with Gasteiger partial charge in [-0.25, -0.2) is 4.39 Å². The number of thioether (sulfide) groups is 1. The van der Waals surface area contributed by atoms with Gasteiger partial charge in [-0.2, -0.15) is 0 Å². The Balaban J connectivity index is 1.82. The van der Waals surface area contributed by atoms with Crippen molar-refractivity contribution in [3.63, 3.8) is 0 Å². The van der Waals surface area contributed by atoms with Crippen LogP contribution < -0.4 is 5.73 Å². The first-order valence-electron chi connectivity index (χ1n) is 7.33. The van der Waals surface area contributed by atoms with E-state index in [2.05, 4.69) is 6.92 Å². The Kier molecular flexibility index (Phi) is 5.71. The van der Waals surface area contributed by atoms with Crippen molar-refractivity contribution in [1.82, 2.24) is 0 Å². The van der Waals surface area contributed by atoms with Crippen LogP contribution >= 0.6 is 11.8 Å². The molecule has 1 fully saturated rings. The maximum absolute atomic E-state index is 13.1. The maximum Gasteiger partial charge on any atom is 0.124 e. The molecule has 2 N–H and O–H groups in total. The largest absolute Gasteiger partial charge is 0.327 e. The van der Waals surface area contributed by atoms with Crippen LogP contribution in [0.15, 0.2) is 29.2 Å². The van der Waals surface area contributed by atoms with Gasteiger partial charge < -0.3 is 5.73 Å². The van der Waals surface area contributed by atoms with Crippen LogP contribution in [0.3, 0.4) is 0 Å². The highest BCUT2D eigenvalue weighted by Gasteiger charge is 2.25. The normalized spacial score (nSPS) is 25.2. The smallest absolute Gasteiger partial charge is 0.124 e. The van der Waals surface area contributed by atoms with Crippen LogP contribution in [-0.2, 0) is 0 Å². The fraction of sp³-hybridized carbons (Fsp3) is 0.625. The molecule has 0 saturated heterocycles. The number of hydrogen-bond acceptors (Lipinski definition) is 2. The molecule has 0 spiro atoms. The highest BCUT2D eigenvalue weighted by atomic mass is 32.2. The molecule has 0 aliphatic heterocycles. The van der Waals surface area contributed by atoms with E-state index in [1.54, 1.807) is 23.9 Å². The predicted molar refractivity (Wildman–Crippen MR) is 80.8 cm³/mol. The molecule has 3 heteroatoms. The summed E-state index contributed by atoms with van der Waals surface area (Å²) in [6.07, 6.45) is 6.52. The van der Waals surface area contributed by atoms with Crippen LogP contribution in [0.4, 0.5) is 4.39 Å². The third-order valence-corrected chi connectivity index (χ3v) is 5.38. The van der Waals surface area contributed by atoms with Crippen molar-refractivity contribution in [2.45, 2.75) is 50.0 Å². The highest BCUT2D eigenvalue weighted by Crippen LogP contribution is 2.33. The second-order valence-electron chi connectivity index (χ2n) is 5.63. The topological polar surface area (TPSA) is 26.0 Å². The maximum atomic E-state index is 13.1. The first-order chi connectivity index (χ1) is 9.19. The molecule has 19 heavy (non-hydrogen) atoms. The average molecular weight is 281 g/mol. The zero-order chi connectivity index (χ0) is 13.7. The van der Waals surface area contributed by atoms with Gasteiger partial charge in [0.05, 0.1) is 0 Å². The van der Waals surface area contributed by atoms with Crippen LogP contribution in [0.25, 0.3) is 0 Å². The van der Waals surface area contributed by atoms with E-state index in [4.69, 9.17) is 5.73 Å². The van der Waals surface area contributed by atoms with Crippen molar-refractivity contribution < 1.29 is 4.39 Å². The van der Waals surface area contributed by atoms with Gasteiger partial charge >= 0.3 is 0 Å². The molecule has 0 aromatic heterocycles. The monoisotopic (exact) mass is 281 g/mol. The van der Waals surface area contributed by atoms with Crippen LogP contribution in [0.1, 0.15) is 39.0 Å². The molecule has 3 unspecified atom stereocenters. The molecule has 0 bridgehead atoms. The van der Waals surface area contributed by atoms with Crippen molar-refractivity contribution in [3.05, 3.63) is 30.1 Å². The van der Waals surface area contributed by atoms with Gasteiger partial charge in [0.25, 0.3) is 0 Å². The fourth-order valence-corrected chi connectivity index (χ4v) is 4.01. The van der Waals surface area contributed by atoms with E-state index < -0.39 is 0 Å². The lowest BCUT2D eigenvalue weighted by atomic mass is 9.77. The van der Waals surface area contributed by atoms with E-state index in [-0.39, 0.29) is 11.9 Å². The summed E-state index contributed by atoms with van der Waals surface area (Å²) >= 11 is 1.68. The summed E-state index contributed by atoms with van der Waals surface area (Å²) in [5.74, 6) is 2.25. The zero-order valence-electron chi connectivity index (χ0n) is 11.6. The van der Waals surface area contributed by atoms with Crippen LogP contribution in [-0.4, -0.2) is 11.8 Å².